The number of likely N-dealkylation sites (tertiary alicyclic amines) is 1. The first-order chi connectivity index (χ1) is 13.5. The fourth-order valence-electron chi connectivity index (χ4n) is 4.03. The summed E-state index contributed by atoms with van der Waals surface area (Å²) in [4.78, 5) is 28.6. The van der Waals surface area contributed by atoms with E-state index in [0.29, 0.717) is 12.2 Å². The zero-order chi connectivity index (χ0) is 19.7. The molecule has 1 fully saturated rings. The average molecular weight is 379 g/mol. The molecule has 0 spiro atoms. The van der Waals surface area contributed by atoms with Gasteiger partial charge in [0.2, 0.25) is 5.91 Å². The normalized spacial score (nSPS) is 18.9. The van der Waals surface area contributed by atoms with Gasteiger partial charge in [0, 0.05) is 31.5 Å². The predicted molar refractivity (Wildman–Crippen MR) is 109 cm³/mol. The van der Waals surface area contributed by atoms with Crippen molar-refractivity contribution < 1.29 is 14.3 Å². The van der Waals surface area contributed by atoms with Crippen molar-refractivity contribution in [2.24, 2.45) is 0 Å². The third kappa shape index (κ3) is 3.81. The van der Waals surface area contributed by atoms with Crippen molar-refractivity contribution in [2.75, 3.05) is 30.9 Å². The van der Waals surface area contributed by atoms with E-state index in [-0.39, 0.29) is 18.4 Å². The Labute approximate surface area is 165 Å². The first-order valence-electron chi connectivity index (χ1n) is 9.61. The molecule has 0 radical (unpaired) electrons. The van der Waals surface area contributed by atoms with Crippen molar-refractivity contribution in [3.8, 4) is 0 Å². The maximum atomic E-state index is 12.5. The van der Waals surface area contributed by atoms with Crippen LogP contribution in [0.4, 0.5) is 16.2 Å². The molecule has 28 heavy (non-hydrogen) atoms. The van der Waals surface area contributed by atoms with Gasteiger partial charge >= 0.3 is 6.09 Å². The van der Waals surface area contributed by atoms with Crippen molar-refractivity contribution in [1.82, 2.24) is 4.90 Å². The van der Waals surface area contributed by atoms with E-state index < -0.39 is 12.2 Å². The summed E-state index contributed by atoms with van der Waals surface area (Å²) in [6, 6.07) is 16.0. The number of rotatable bonds is 4. The Morgan fingerprint density at radius 2 is 1.68 bits per heavy atom. The topological polar surface area (TPSA) is 61.9 Å². The number of amides is 2. The second kappa shape index (κ2) is 7.54. The minimum atomic E-state index is -0.521. The standard InChI is InChI=1S/C22H25N3O3/c1-24(2)18-9-7-17(8-10-18)23-22(27)28-20-13-21(26)25(14-20)19-11-15-5-3-4-6-16(15)12-19/h3-10,19-20H,11-14H2,1-2H3,(H,23,27). The average Bonchev–Trinajstić information content (AvgIpc) is 3.24. The number of ether oxygens (including phenoxy) is 1. The van der Waals surface area contributed by atoms with Crippen LogP contribution >= 0.6 is 0 Å². The number of nitrogens with one attached hydrogen (secondary N) is 1. The van der Waals surface area contributed by atoms with Crippen molar-refractivity contribution in [3.63, 3.8) is 0 Å². The first kappa shape index (κ1) is 18.3. The molecule has 6 heteroatoms. The Hall–Kier alpha value is -3.02. The highest BCUT2D eigenvalue weighted by molar-refractivity contribution is 5.86. The minimum Gasteiger partial charge on any atom is -0.444 e. The molecule has 6 nitrogen and oxygen atoms in total. The van der Waals surface area contributed by atoms with Gasteiger partial charge in [-0.05, 0) is 48.2 Å². The van der Waals surface area contributed by atoms with Gasteiger partial charge in [-0.15, -0.1) is 0 Å². The van der Waals surface area contributed by atoms with Crippen LogP contribution in [-0.2, 0) is 22.4 Å². The van der Waals surface area contributed by atoms with E-state index in [1.807, 2.05) is 60.3 Å². The number of nitrogens with zero attached hydrogens (tertiary/aromatic N) is 2. The molecule has 2 aromatic rings. The van der Waals surface area contributed by atoms with Gasteiger partial charge in [-0.25, -0.2) is 4.79 Å². The molecule has 2 aromatic carbocycles. The molecule has 1 aliphatic carbocycles. The quantitative estimate of drug-likeness (QED) is 0.887. The second-order valence-electron chi connectivity index (χ2n) is 7.67. The summed E-state index contributed by atoms with van der Waals surface area (Å²) in [5.74, 6) is 0.0611. The highest BCUT2D eigenvalue weighted by Gasteiger charge is 2.38. The third-order valence-electron chi connectivity index (χ3n) is 5.50. The van der Waals surface area contributed by atoms with Crippen LogP contribution in [0.1, 0.15) is 17.5 Å². The number of benzene rings is 2. The first-order valence-corrected chi connectivity index (χ1v) is 9.61. The van der Waals surface area contributed by atoms with Crippen molar-refractivity contribution in [1.29, 1.82) is 0 Å². The lowest BCUT2D eigenvalue weighted by Gasteiger charge is -2.24. The molecular weight excluding hydrogens is 354 g/mol. The number of carbonyl (C=O) groups excluding carboxylic acids is 2. The van der Waals surface area contributed by atoms with Crippen LogP contribution in [0.3, 0.4) is 0 Å². The largest absolute Gasteiger partial charge is 0.444 e. The van der Waals surface area contributed by atoms with Gasteiger partial charge in [0.05, 0.1) is 13.0 Å². The lowest BCUT2D eigenvalue weighted by molar-refractivity contribution is -0.129. The van der Waals surface area contributed by atoms with Gasteiger partial charge in [0.25, 0.3) is 0 Å². The lowest BCUT2D eigenvalue weighted by Crippen LogP contribution is -2.38. The van der Waals surface area contributed by atoms with Crippen molar-refractivity contribution >= 4 is 23.4 Å². The van der Waals surface area contributed by atoms with Gasteiger partial charge in [-0.1, -0.05) is 24.3 Å². The zero-order valence-corrected chi connectivity index (χ0v) is 16.2. The molecule has 1 heterocycles. The molecule has 0 aromatic heterocycles. The number of fused-ring (bicyclic) bond motifs is 1. The van der Waals surface area contributed by atoms with Crippen LogP contribution in [0, 0.1) is 0 Å². The molecule has 1 aliphatic heterocycles. The summed E-state index contributed by atoms with van der Waals surface area (Å²) in [7, 11) is 3.92. The van der Waals surface area contributed by atoms with E-state index in [2.05, 4.69) is 17.4 Å². The van der Waals surface area contributed by atoms with E-state index in [4.69, 9.17) is 4.74 Å². The van der Waals surface area contributed by atoms with Gasteiger partial charge in [-0.2, -0.15) is 0 Å². The fourth-order valence-corrected chi connectivity index (χ4v) is 4.03. The highest BCUT2D eigenvalue weighted by Crippen LogP contribution is 2.29. The summed E-state index contributed by atoms with van der Waals surface area (Å²) >= 11 is 0. The molecule has 1 unspecified atom stereocenters. The second-order valence-corrected chi connectivity index (χ2v) is 7.67. The molecule has 4 rings (SSSR count). The Morgan fingerprint density at radius 1 is 1.04 bits per heavy atom. The Morgan fingerprint density at radius 3 is 2.29 bits per heavy atom. The number of hydrogen-bond donors (Lipinski definition) is 1. The third-order valence-corrected chi connectivity index (χ3v) is 5.50. The van der Waals surface area contributed by atoms with Crippen molar-refractivity contribution in [2.45, 2.75) is 31.4 Å². The van der Waals surface area contributed by atoms with Gasteiger partial charge in [-0.3, -0.25) is 10.1 Å². The number of carbonyl (C=O) groups is 2. The summed E-state index contributed by atoms with van der Waals surface area (Å²) < 4.78 is 5.51. The van der Waals surface area contributed by atoms with Crippen LogP contribution in [0.5, 0.6) is 0 Å². The van der Waals surface area contributed by atoms with E-state index in [0.717, 1.165) is 18.5 Å². The summed E-state index contributed by atoms with van der Waals surface area (Å²) in [5.41, 5.74) is 4.34. The van der Waals surface area contributed by atoms with Crippen LogP contribution in [0.15, 0.2) is 48.5 Å². The van der Waals surface area contributed by atoms with E-state index in [1.165, 1.54) is 11.1 Å². The molecule has 146 valence electrons. The molecule has 0 bridgehead atoms. The number of hydrogen-bond acceptors (Lipinski definition) is 4. The smallest absolute Gasteiger partial charge is 0.411 e. The summed E-state index contributed by atoms with van der Waals surface area (Å²) in [6.45, 7) is 0.463. The Bertz CT molecular complexity index is 854. The lowest BCUT2D eigenvalue weighted by atomic mass is 10.1. The predicted octanol–water partition coefficient (Wildman–Crippen LogP) is 3.07. The molecule has 1 N–H and O–H groups in total. The fraction of sp³-hybridized carbons (Fsp3) is 0.364. The molecule has 1 atom stereocenters. The minimum absolute atomic E-state index is 0.0611. The summed E-state index contributed by atoms with van der Waals surface area (Å²) in [5, 5.41) is 2.74. The van der Waals surface area contributed by atoms with Crippen LogP contribution in [0.25, 0.3) is 0 Å². The van der Waals surface area contributed by atoms with E-state index >= 15 is 0 Å². The molecule has 2 aliphatic rings. The highest BCUT2D eigenvalue weighted by atomic mass is 16.6. The maximum Gasteiger partial charge on any atom is 0.411 e. The Balaban J connectivity index is 1.31. The molecular formula is C22H25N3O3. The molecule has 0 saturated carbocycles. The Kier molecular flexibility index (Phi) is 4.94. The summed E-state index contributed by atoms with van der Waals surface area (Å²) in [6.07, 6.45) is 1.07. The van der Waals surface area contributed by atoms with Crippen LogP contribution in [-0.4, -0.2) is 49.7 Å². The van der Waals surface area contributed by atoms with Gasteiger partial charge in [0.1, 0.15) is 6.10 Å². The maximum absolute atomic E-state index is 12.5. The van der Waals surface area contributed by atoms with Crippen LogP contribution in [0.2, 0.25) is 0 Å². The molecule has 2 amide bonds. The SMILES string of the molecule is CN(C)c1ccc(NC(=O)OC2CC(=O)N(C3Cc4ccccc4C3)C2)cc1. The zero-order valence-electron chi connectivity index (χ0n) is 16.2. The van der Waals surface area contributed by atoms with Crippen LogP contribution < -0.4 is 10.2 Å². The monoisotopic (exact) mass is 379 g/mol. The van der Waals surface area contributed by atoms with Gasteiger partial charge < -0.3 is 14.5 Å². The van der Waals surface area contributed by atoms with E-state index in [1.54, 1.807) is 0 Å². The van der Waals surface area contributed by atoms with Crippen molar-refractivity contribution in [3.05, 3.63) is 59.7 Å². The van der Waals surface area contributed by atoms with E-state index in [9.17, 15) is 9.59 Å². The molecule has 1 saturated heterocycles. The number of anilines is 2. The van der Waals surface area contributed by atoms with Gasteiger partial charge in [0.15, 0.2) is 0 Å².